The third-order valence-corrected chi connectivity index (χ3v) is 3.50. The summed E-state index contributed by atoms with van der Waals surface area (Å²) in [6.45, 7) is 5.06. The minimum Gasteiger partial charge on any atom is -0.496 e. The van der Waals surface area contributed by atoms with E-state index in [0.29, 0.717) is 0 Å². The number of aliphatic hydroxyl groups is 1. The molecule has 19 heavy (non-hydrogen) atoms. The maximum atomic E-state index is 8.91. The van der Waals surface area contributed by atoms with E-state index in [9.17, 15) is 0 Å². The molecule has 2 unspecified atom stereocenters. The predicted molar refractivity (Wildman–Crippen MR) is 74.8 cm³/mol. The third-order valence-electron chi connectivity index (χ3n) is 3.50. The third kappa shape index (κ3) is 3.39. The molecule has 0 saturated carbocycles. The first-order chi connectivity index (χ1) is 9.13. The SMILES string of the molecule is COc1cc2c(cc1CNC(C)CCO)OC(C)C2. The second-order valence-electron chi connectivity index (χ2n) is 5.20. The van der Waals surface area contributed by atoms with E-state index in [1.54, 1.807) is 7.11 Å². The smallest absolute Gasteiger partial charge is 0.123 e. The number of nitrogens with one attached hydrogen (secondary N) is 1. The van der Waals surface area contributed by atoms with Gasteiger partial charge >= 0.3 is 0 Å². The molecule has 0 bridgehead atoms. The van der Waals surface area contributed by atoms with Crippen LogP contribution < -0.4 is 14.8 Å². The Morgan fingerprint density at radius 2 is 2.32 bits per heavy atom. The van der Waals surface area contributed by atoms with E-state index in [1.165, 1.54) is 5.56 Å². The summed E-state index contributed by atoms with van der Waals surface area (Å²) < 4.78 is 11.2. The van der Waals surface area contributed by atoms with E-state index in [-0.39, 0.29) is 18.8 Å². The van der Waals surface area contributed by atoms with E-state index >= 15 is 0 Å². The molecule has 0 aromatic heterocycles. The largest absolute Gasteiger partial charge is 0.496 e. The first kappa shape index (κ1) is 14.2. The molecule has 1 aromatic carbocycles. The molecule has 106 valence electrons. The van der Waals surface area contributed by atoms with Crippen molar-refractivity contribution in [1.82, 2.24) is 5.32 Å². The molecule has 0 aliphatic carbocycles. The Balaban J connectivity index is 2.09. The number of ether oxygens (including phenoxy) is 2. The van der Waals surface area contributed by atoms with Crippen molar-refractivity contribution in [2.75, 3.05) is 13.7 Å². The van der Waals surface area contributed by atoms with Gasteiger partial charge in [0.25, 0.3) is 0 Å². The summed E-state index contributed by atoms with van der Waals surface area (Å²) in [4.78, 5) is 0. The van der Waals surface area contributed by atoms with E-state index in [1.807, 2.05) is 0 Å². The standard InChI is InChI=1S/C15H23NO3/c1-10(4-5-17)16-9-13-8-15-12(6-11(2)19-15)7-14(13)18-3/h7-8,10-11,16-17H,4-6,9H2,1-3H3. The summed E-state index contributed by atoms with van der Waals surface area (Å²) in [5.74, 6) is 1.88. The molecule has 1 heterocycles. The Hall–Kier alpha value is -1.26. The summed E-state index contributed by atoms with van der Waals surface area (Å²) in [6, 6.07) is 4.42. The van der Waals surface area contributed by atoms with Gasteiger partial charge in [0, 0.05) is 36.7 Å². The second-order valence-corrected chi connectivity index (χ2v) is 5.20. The van der Waals surface area contributed by atoms with Crippen LogP contribution in [0.2, 0.25) is 0 Å². The van der Waals surface area contributed by atoms with E-state index < -0.39 is 0 Å². The average molecular weight is 265 g/mol. The lowest BCUT2D eigenvalue weighted by molar-refractivity contribution is 0.254. The number of hydrogen-bond acceptors (Lipinski definition) is 4. The highest BCUT2D eigenvalue weighted by molar-refractivity contribution is 5.48. The van der Waals surface area contributed by atoms with Gasteiger partial charge in [-0.2, -0.15) is 0 Å². The molecule has 4 nitrogen and oxygen atoms in total. The first-order valence-corrected chi connectivity index (χ1v) is 6.84. The number of fused-ring (bicyclic) bond motifs is 1. The van der Waals surface area contributed by atoms with Crippen molar-refractivity contribution < 1.29 is 14.6 Å². The Morgan fingerprint density at radius 3 is 3.00 bits per heavy atom. The van der Waals surface area contributed by atoms with Crippen LogP contribution in [-0.4, -0.2) is 31.0 Å². The molecular weight excluding hydrogens is 242 g/mol. The molecule has 0 spiro atoms. The average Bonchev–Trinajstić information content (AvgIpc) is 2.74. The lowest BCUT2D eigenvalue weighted by Crippen LogP contribution is -2.26. The Morgan fingerprint density at radius 1 is 1.53 bits per heavy atom. The summed E-state index contributed by atoms with van der Waals surface area (Å²) in [5.41, 5.74) is 2.32. The Bertz CT molecular complexity index is 434. The van der Waals surface area contributed by atoms with Gasteiger partial charge in [0.05, 0.1) is 7.11 Å². The highest BCUT2D eigenvalue weighted by atomic mass is 16.5. The molecule has 2 rings (SSSR count). The minimum absolute atomic E-state index is 0.204. The molecule has 0 radical (unpaired) electrons. The van der Waals surface area contributed by atoms with Crippen LogP contribution in [0, 0.1) is 0 Å². The van der Waals surface area contributed by atoms with Gasteiger partial charge in [0.15, 0.2) is 0 Å². The first-order valence-electron chi connectivity index (χ1n) is 6.84. The fraction of sp³-hybridized carbons (Fsp3) is 0.600. The van der Waals surface area contributed by atoms with Crippen molar-refractivity contribution in [2.45, 2.75) is 45.4 Å². The number of rotatable bonds is 6. The van der Waals surface area contributed by atoms with Crippen LogP contribution >= 0.6 is 0 Å². The molecule has 4 heteroatoms. The zero-order valence-corrected chi connectivity index (χ0v) is 11.9. The molecule has 0 saturated heterocycles. The topological polar surface area (TPSA) is 50.7 Å². The van der Waals surface area contributed by atoms with Crippen LogP contribution in [0.3, 0.4) is 0 Å². The van der Waals surface area contributed by atoms with Crippen molar-refractivity contribution in [1.29, 1.82) is 0 Å². The van der Waals surface area contributed by atoms with Crippen molar-refractivity contribution in [3.05, 3.63) is 23.3 Å². The highest BCUT2D eigenvalue weighted by Crippen LogP contribution is 2.34. The van der Waals surface area contributed by atoms with E-state index in [4.69, 9.17) is 14.6 Å². The number of methoxy groups -OCH3 is 1. The van der Waals surface area contributed by atoms with Gasteiger partial charge in [0.2, 0.25) is 0 Å². The van der Waals surface area contributed by atoms with E-state index in [2.05, 4.69) is 31.3 Å². The van der Waals surface area contributed by atoms with Crippen LogP contribution in [-0.2, 0) is 13.0 Å². The van der Waals surface area contributed by atoms with E-state index in [0.717, 1.165) is 36.4 Å². The molecule has 0 amide bonds. The fourth-order valence-corrected chi connectivity index (χ4v) is 2.39. The van der Waals surface area contributed by atoms with Crippen LogP contribution in [0.15, 0.2) is 12.1 Å². The molecule has 1 aliphatic heterocycles. The number of aliphatic hydroxyl groups excluding tert-OH is 1. The lowest BCUT2D eigenvalue weighted by atomic mass is 10.1. The molecule has 2 N–H and O–H groups in total. The minimum atomic E-state index is 0.204. The predicted octanol–water partition coefficient (Wildman–Crippen LogP) is 1.88. The highest BCUT2D eigenvalue weighted by Gasteiger charge is 2.21. The monoisotopic (exact) mass is 265 g/mol. The van der Waals surface area contributed by atoms with Crippen LogP contribution in [0.1, 0.15) is 31.4 Å². The molecule has 1 aliphatic rings. The summed E-state index contributed by atoms with van der Waals surface area (Å²) >= 11 is 0. The maximum Gasteiger partial charge on any atom is 0.123 e. The van der Waals surface area contributed by atoms with Gasteiger partial charge in [-0.1, -0.05) is 0 Å². The Labute approximate surface area is 114 Å². The van der Waals surface area contributed by atoms with Crippen molar-refractivity contribution in [3.63, 3.8) is 0 Å². The second kappa shape index (κ2) is 6.26. The molecule has 2 atom stereocenters. The van der Waals surface area contributed by atoms with Gasteiger partial charge < -0.3 is 19.9 Å². The number of benzene rings is 1. The summed E-state index contributed by atoms with van der Waals surface area (Å²) in [7, 11) is 1.70. The molecule has 0 fully saturated rings. The van der Waals surface area contributed by atoms with Crippen molar-refractivity contribution >= 4 is 0 Å². The van der Waals surface area contributed by atoms with Crippen LogP contribution in [0.25, 0.3) is 0 Å². The van der Waals surface area contributed by atoms with Crippen LogP contribution in [0.4, 0.5) is 0 Å². The number of hydrogen-bond donors (Lipinski definition) is 2. The Kier molecular flexibility index (Phi) is 4.66. The van der Waals surface area contributed by atoms with Gasteiger partial charge in [-0.25, -0.2) is 0 Å². The quantitative estimate of drug-likeness (QED) is 0.824. The molecule has 1 aromatic rings. The fourth-order valence-electron chi connectivity index (χ4n) is 2.39. The zero-order valence-electron chi connectivity index (χ0n) is 11.9. The lowest BCUT2D eigenvalue weighted by Gasteiger charge is -2.15. The molecular formula is C15H23NO3. The zero-order chi connectivity index (χ0) is 13.8. The van der Waals surface area contributed by atoms with Gasteiger partial charge in [-0.05, 0) is 32.4 Å². The van der Waals surface area contributed by atoms with Crippen LogP contribution in [0.5, 0.6) is 11.5 Å². The summed E-state index contributed by atoms with van der Waals surface area (Å²) in [5, 5.41) is 12.3. The van der Waals surface area contributed by atoms with Gasteiger partial charge in [-0.15, -0.1) is 0 Å². The normalized spacial score (nSPS) is 18.8. The van der Waals surface area contributed by atoms with Gasteiger partial charge in [0.1, 0.15) is 17.6 Å². The van der Waals surface area contributed by atoms with Crippen molar-refractivity contribution in [3.8, 4) is 11.5 Å². The van der Waals surface area contributed by atoms with Crippen molar-refractivity contribution in [2.24, 2.45) is 0 Å². The van der Waals surface area contributed by atoms with Gasteiger partial charge in [-0.3, -0.25) is 0 Å². The summed E-state index contributed by atoms with van der Waals surface area (Å²) in [6.07, 6.45) is 1.94. The maximum absolute atomic E-state index is 8.91.